The Bertz CT molecular complexity index is 910. The van der Waals surface area contributed by atoms with Crippen LogP contribution in [0.5, 0.6) is 0 Å². The summed E-state index contributed by atoms with van der Waals surface area (Å²) in [5.41, 5.74) is 4.61. The van der Waals surface area contributed by atoms with Crippen molar-refractivity contribution in [2.24, 2.45) is 0 Å². The number of nitrogens with one attached hydrogen (secondary N) is 1. The minimum absolute atomic E-state index is 0.0332. The molecule has 158 valence electrons. The summed E-state index contributed by atoms with van der Waals surface area (Å²) in [5.74, 6) is 0.304. The number of hydrogen-bond donors (Lipinski definition) is 1. The predicted octanol–water partition coefficient (Wildman–Crippen LogP) is 3.31. The van der Waals surface area contributed by atoms with Gasteiger partial charge in [-0.2, -0.15) is 0 Å². The molecule has 30 heavy (non-hydrogen) atoms. The standard InChI is InChI=1S/C24H29N3O3/c1-17(2)18-7-9-21(10-8-18)27-12-11-26(24(27)29)15-23(28)25-14-22-13-19-5-3-4-6-20(19)16-30-22/h3-10,17,22H,11-16H2,1-2H3,(H,25,28). The molecule has 0 aliphatic carbocycles. The molecule has 1 fully saturated rings. The summed E-state index contributed by atoms with van der Waals surface area (Å²) in [7, 11) is 0. The summed E-state index contributed by atoms with van der Waals surface area (Å²) < 4.78 is 5.84. The molecule has 1 N–H and O–H groups in total. The summed E-state index contributed by atoms with van der Waals surface area (Å²) in [5, 5.41) is 2.93. The molecule has 0 aromatic heterocycles. The van der Waals surface area contributed by atoms with Gasteiger partial charge in [0.2, 0.25) is 5.91 Å². The largest absolute Gasteiger partial charge is 0.371 e. The summed E-state index contributed by atoms with van der Waals surface area (Å²) in [6.45, 7) is 6.53. The highest BCUT2D eigenvalue weighted by atomic mass is 16.5. The molecule has 4 rings (SSSR count). The molecule has 2 aromatic carbocycles. The molecule has 6 nitrogen and oxygen atoms in total. The number of urea groups is 1. The maximum absolute atomic E-state index is 12.8. The van der Waals surface area contributed by atoms with Gasteiger partial charge in [-0.1, -0.05) is 50.2 Å². The van der Waals surface area contributed by atoms with Crippen molar-refractivity contribution in [1.29, 1.82) is 0 Å². The third-order valence-electron chi connectivity index (χ3n) is 5.87. The lowest BCUT2D eigenvalue weighted by Crippen LogP contribution is -2.43. The van der Waals surface area contributed by atoms with Crippen molar-refractivity contribution in [2.45, 2.75) is 38.9 Å². The maximum Gasteiger partial charge on any atom is 0.325 e. The van der Waals surface area contributed by atoms with Gasteiger partial charge in [0.15, 0.2) is 0 Å². The van der Waals surface area contributed by atoms with E-state index in [2.05, 4.69) is 43.4 Å². The van der Waals surface area contributed by atoms with Crippen molar-refractivity contribution >= 4 is 17.6 Å². The molecule has 0 bridgehead atoms. The minimum Gasteiger partial charge on any atom is -0.371 e. The van der Waals surface area contributed by atoms with Crippen LogP contribution in [0.4, 0.5) is 10.5 Å². The van der Waals surface area contributed by atoms with Crippen LogP contribution in [0.1, 0.15) is 36.5 Å². The van der Waals surface area contributed by atoms with Gasteiger partial charge >= 0.3 is 6.03 Å². The normalized spacial score (nSPS) is 18.6. The van der Waals surface area contributed by atoms with Crippen LogP contribution in [0.2, 0.25) is 0 Å². The molecule has 1 unspecified atom stereocenters. The lowest BCUT2D eigenvalue weighted by molar-refractivity contribution is -0.122. The first-order chi connectivity index (χ1) is 14.5. The average molecular weight is 408 g/mol. The van der Waals surface area contributed by atoms with Gasteiger partial charge in [-0.05, 0) is 34.7 Å². The van der Waals surface area contributed by atoms with E-state index in [1.165, 1.54) is 16.7 Å². The number of rotatable bonds is 6. The molecular weight excluding hydrogens is 378 g/mol. The van der Waals surface area contributed by atoms with Crippen molar-refractivity contribution in [3.63, 3.8) is 0 Å². The summed E-state index contributed by atoms with van der Waals surface area (Å²) >= 11 is 0. The third-order valence-corrected chi connectivity index (χ3v) is 5.87. The lowest BCUT2D eigenvalue weighted by atomic mass is 9.99. The highest BCUT2D eigenvalue weighted by molar-refractivity contribution is 5.96. The van der Waals surface area contributed by atoms with Crippen molar-refractivity contribution in [2.75, 3.05) is 31.1 Å². The quantitative estimate of drug-likeness (QED) is 0.799. The summed E-state index contributed by atoms with van der Waals surface area (Å²) in [6, 6.07) is 16.2. The van der Waals surface area contributed by atoms with E-state index >= 15 is 0 Å². The van der Waals surface area contributed by atoms with Gasteiger partial charge in [-0.25, -0.2) is 4.79 Å². The SMILES string of the molecule is CC(C)c1ccc(N2CCN(CC(=O)NCC3Cc4ccccc4CO3)C2=O)cc1. The molecule has 2 aliphatic rings. The van der Waals surface area contributed by atoms with Crippen molar-refractivity contribution in [3.8, 4) is 0 Å². The van der Waals surface area contributed by atoms with Gasteiger partial charge in [-0.15, -0.1) is 0 Å². The predicted molar refractivity (Wildman–Crippen MR) is 117 cm³/mol. The van der Waals surface area contributed by atoms with Crippen LogP contribution in [0.15, 0.2) is 48.5 Å². The summed E-state index contributed by atoms with van der Waals surface area (Å²) in [6.07, 6.45) is 0.758. The number of benzene rings is 2. The van der Waals surface area contributed by atoms with Gasteiger partial charge < -0.3 is 15.0 Å². The molecule has 0 saturated carbocycles. The second-order valence-corrected chi connectivity index (χ2v) is 8.31. The smallest absolute Gasteiger partial charge is 0.325 e. The number of anilines is 1. The topological polar surface area (TPSA) is 61.9 Å². The Morgan fingerprint density at radius 2 is 1.83 bits per heavy atom. The van der Waals surface area contributed by atoms with Crippen LogP contribution in [-0.2, 0) is 22.6 Å². The van der Waals surface area contributed by atoms with E-state index in [1.807, 2.05) is 24.3 Å². The van der Waals surface area contributed by atoms with E-state index in [9.17, 15) is 9.59 Å². The summed E-state index contributed by atoms with van der Waals surface area (Å²) in [4.78, 5) is 28.5. The van der Waals surface area contributed by atoms with E-state index in [4.69, 9.17) is 4.74 Å². The maximum atomic E-state index is 12.8. The number of amides is 3. The molecule has 1 saturated heterocycles. The van der Waals surface area contributed by atoms with Crippen molar-refractivity contribution in [3.05, 3.63) is 65.2 Å². The molecule has 2 aromatic rings. The highest BCUT2D eigenvalue weighted by Crippen LogP contribution is 2.23. The van der Waals surface area contributed by atoms with Gasteiger partial charge in [0.05, 0.1) is 12.7 Å². The fraction of sp³-hybridized carbons (Fsp3) is 0.417. The first kappa shape index (κ1) is 20.4. The van der Waals surface area contributed by atoms with Gasteiger partial charge in [0, 0.05) is 31.7 Å². The minimum atomic E-state index is -0.150. The van der Waals surface area contributed by atoms with Gasteiger partial charge in [0.1, 0.15) is 6.54 Å². The van der Waals surface area contributed by atoms with Crippen LogP contribution in [0.25, 0.3) is 0 Å². The van der Waals surface area contributed by atoms with Crippen LogP contribution < -0.4 is 10.2 Å². The van der Waals surface area contributed by atoms with Gasteiger partial charge in [0.25, 0.3) is 0 Å². The Kier molecular flexibility index (Phi) is 6.04. The number of fused-ring (bicyclic) bond motifs is 1. The number of ether oxygens (including phenoxy) is 1. The fourth-order valence-electron chi connectivity index (χ4n) is 4.01. The van der Waals surface area contributed by atoms with E-state index < -0.39 is 0 Å². The van der Waals surface area contributed by atoms with E-state index in [1.54, 1.807) is 9.80 Å². The Hall–Kier alpha value is -2.86. The Morgan fingerprint density at radius 1 is 1.10 bits per heavy atom. The fourth-order valence-corrected chi connectivity index (χ4v) is 4.01. The molecule has 0 radical (unpaired) electrons. The zero-order valence-electron chi connectivity index (χ0n) is 17.6. The van der Waals surface area contributed by atoms with Crippen molar-refractivity contribution < 1.29 is 14.3 Å². The lowest BCUT2D eigenvalue weighted by Gasteiger charge is -2.26. The average Bonchev–Trinajstić information content (AvgIpc) is 3.12. The molecule has 0 spiro atoms. The third kappa shape index (κ3) is 4.49. The molecule has 2 aliphatic heterocycles. The van der Waals surface area contributed by atoms with Gasteiger partial charge in [-0.3, -0.25) is 9.69 Å². The molecule has 2 heterocycles. The zero-order chi connectivity index (χ0) is 21.1. The molecule has 3 amide bonds. The van der Waals surface area contributed by atoms with E-state index in [0.717, 1.165) is 12.1 Å². The van der Waals surface area contributed by atoms with Crippen molar-refractivity contribution in [1.82, 2.24) is 10.2 Å². The second-order valence-electron chi connectivity index (χ2n) is 8.31. The number of nitrogens with zero attached hydrogens (tertiary/aromatic N) is 2. The first-order valence-corrected chi connectivity index (χ1v) is 10.6. The second kappa shape index (κ2) is 8.88. The molecule has 6 heteroatoms. The highest BCUT2D eigenvalue weighted by Gasteiger charge is 2.31. The first-order valence-electron chi connectivity index (χ1n) is 10.6. The Labute approximate surface area is 177 Å². The van der Waals surface area contributed by atoms with Crippen LogP contribution in [0, 0.1) is 0 Å². The Morgan fingerprint density at radius 3 is 2.57 bits per heavy atom. The van der Waals surface area contributed by atoms with E-state index in [-0.39, 0.29) is 24.6 Å². The van der Waals surface area contributed by atoms with Crippen LogP contribution >= 0.6 is 0 Å². The van der Waals surface area contributed by atoms with Crippen LogP contribution in [-0.4, -0.2) is 49.1 Å². The number of carbonyl (C=O) groups is 2. The van der Waals surface area contributed by atoms with Crippen LogP contribution in [0.3, 0.4) is 0 Å². The monoisotopic (exact) mass is 407 g/mol. The number of hydrogen-bond acceptors (Lipinski definition) is 3. The van der Waals surface area contributed by atoms with E-state index in [0.29, 0.717) is 32.2 Å². The Balaban J connectivity index is 1.26. The molecule has 1 atom stereocenters. The molecular formula is C24H29N3O3. The zero-order valence-corrected chi connectivity index (χ0v) is 17.6. The number of carbonyl (C=O) groups excluding carboxylic acids is 2.